The zero-order valence-corrected chi connectivity index (χ0v) is 18.4. The molecule has 1 aliphatic carbocycles. The minimum absolute atomic E-state index is 0.0816. The predicted molar refractivity (Wildman–Crippen MR) is 131 cm³/mol. The van der Waals surface area contributed by atoms with Crippen molar-refractivity contribution in [1.29, 1.82) is 0 Å². The van der Waals surface area contributed by atoms with Crippen molar-refractivity contribution >= 4 is 16.9 Å². The number of amides is 1. The summed E-state index contributed by atoms with van der Waals surface area (Å²) in [5, 5.41) is 6.03. The van der Waals surface area contributed by atoms with E-state index in [1.807, 2.05) is 4.90 Å². The Balaban J connectivity index is 1.18. The van der Waals surface area contributed by atoms with Crippen LogP contribution < -0.4 is 5.32 Å². The highest BCUT2D eigenvalue weighted by Gasteiger charge is 2.31. The first kappa shape index (κ1) is 20.0. The molecule has 1 atom stereocenters. The molecule has 0 aromatic heterocycles. The summed E-state index contributed by atoms with van der Waals surface area (Å²) < 4.78 is 5.91. The van der Waals surface area contributed by atoms with E-state index in [0.29, 0.717) is 19.7 Å². The minimum atomic E-state index is -0.233. The van der Waals surface area contributed by atoms with Gasteiger partial charge in [0.25, 0.3) is 0 Å². The van der Waals surface area contributed by atoms with E-state index >= 15 is 0 Å². The highest BCUT2D eigenvalue weighted by Crippen LogP contribution is 2.44. The number of fused-ring (bicyclic) bond motifs is 4. The lowest BCUT2D eigenvalue weighted by atomic mass is 9.97. The first-order valence-corrected chi connectivity index (χ1v) is 11.6. The van der Waals surface area contributed by atoms with Crippen molar-refractivity contribution in [3.05, 3.63) is 108 Å². The van der Waals surface area contributed by atoms with E-state index in [1.165, 1.54) is 38.6 Å². The summed E-state index contributed by atoms with van der Waals surface area (Å²) in [5.74, 6) is 0.0816. The summed E-state index contributed by atoms with van der Waals surface area (Å²) in [5.41, 5.74) is 6.19. The van der Waals surface area contributed by atoms with Gasteiger partial charge in [0, 0.05) is 25.6 Å². The maximum atomic E-state index is 13.1. The van der Waals surface area contributed by atoms with Gasteiger partial charge in [0.1, 0.15) is 6.61 Å². The van der Waals surface area contributed by atoms with Gasteiger partial charge >= 0.3 is 6.09 Å². The first-order chi connectivity index (χ1) is 16.3. The highest BCUT2D eigenvalue weighted by atomic mass is 16.6. The van der Waals surface area contributed by atoms with Crippen LogP contribution in [0.25, 0.3) is 21.9 Å². The van der Waals surface area contributed by atoms with Crippen LogP contribution in [0.4, 0.5) is 4.79 Å². The molecule has 1 N–H and O–H groups in total. The highest BCUT2D eigenvalue weighted by molar-refractivity contribution is 5.86. The molecule has 4 aromatic rings. The Morgan fingerprint density at radius 2 is 1.45 bits per heavy atom. The van der Waals surface area contributed by atoms with Crippen LogP contribution in [-0.4, -0.2) is 37.2 Å². The first-order valence-electron chi connectivity index (χ1n) is 11.6. The van der Waals surface area contributed by atoms with Crippen LogP contribution in [0.15, 0.2) is 91.0 Å². The molecule has 1 heterocycles. The van der Waals surface area contributed by atoms with Crippen molar-refractivity contribution in [2.45, 2.75) is 12.0 Å². The molecule has 1 amide bonds. The van der Waals surface area contributed by atoms with Gasteiger partial charge in [-0.2, -0.15) is 0 Å². The van der Waals surface area contributed by atoms with Crippen molar-refractivity contribution in [3.8, 4) is 11.1 Å². The molecule has 0 bridgehead atoms. The Labute approximate surface area is 193 Å². The van der Waals surface area contributed by atoms with Crippen molar-refractivity contribution in [2.24, 2.45) is 0 Å². The lowest BCUT2D eigenvalue weighted by Crippen LogP contribution is -2.48. The van der Waals surface area contributed by atoms with Crippen molar-refractivity contribution in [3.63, 3.8) is 0 Å². The second kappa shape index (κ2) is 8.38. The molecule has 4 nitrogen and oxygen atoms in total. The zero-order chi connectivity index (χ0) is 22.2. The molecule has 1 aliphatic heterocycles. The van der Waals surface area contributed by atoms with Crippen LogP contribution in [0.1, 0.15) is 28.7 Å². The third kappa shape index (κ3) is 3.57. The Hall–Kier alpha value is -3.63. The number of nitrogens with one attached hydrogen (secondary N) is 1. The fourth-order valence-electron chi connectivity index (χ4n) is 5.36. The van der Waals surface area contributed by atoms with Crippen LogP contribution in [0.5, 0.6) is 0 Å². The van der Waals surface area contributed by atoms with E-state index in [0.717, 1.165) is 6.54 Å². The number of rotatable bonds is 3. The smallest absolute Gasteiger partial charge is 0.409 e. The molecule has 164 valence electrons. The lowest BCUT2D eigenvalue weighted by Gasteiger charge is -2.34. The number of nitrogens with zero attached hydrogens (tertiary/aromatic N) is 1. The van der Waals surface area contributed by atoms with E-state index in [9.17, 15) is 4.79 Å². The van der Waals surface area contributed by atoms with E-state index in [1.54, 1.807) is 0 Å². The summed E-state index contributed by atoms with van der Waals surface area (Å²) in [7, 11) is 0. The number of hydrogen-bond donors (Lipinski definition) is 1. The Kier molecular flexibility index (Phi) is 5.08. The summed E-state index contributed by atoms with van der Waals surface area (Å²) in [6, 6.07) is 31.7. The predicted octanol–water partition coefficient (Wildman–Crippen LogP) is 5.74. The normalized spacial score (nSPS) is 17.6. The molecule has 0 radical (unpaired) electrons. The standard InChI is InChI=1S/C29H26N2O2/c32-29(33-19-27-24-13-5-3-11-22(24)23-12-4-6-14-25(23)27)31-17-16-30-28(18-31)26-15-7-9-20-8-1-2-10-21(20)26/h1-15,27-28,30H,16-19H2. The molecule has 4 heteroatoms. The maximum Gasteiger partial charge on any atom is 0.409 e. The number of hydrogen-bond acceptors (Lipinski definition) is 3. The van der Waals surface area contributed by atoms with Gasteiger partial charge in [0.2, 0.25) is 0 Å². The fraction of sp³-hybridized carbons (Fsp3) is 0.207. The average Bonchev–Trinajstić information content (AvgIpc) is 3.21. The van der Waals surface area contributed by atoms with Crippen molar-refractivity contribution in [2.75, 3.05) is 26.2 Å². The lowest BCUT2D eigenvalue weighted by molar-refractivity contribution is 0.0884. The number of benzene rings is 4. The van der Waals surface area contributed by atoms with E-state index < -0.39 is 0 Å². The van der Waals surface area contributed by atoms with Gasteiger partial charge in [-0.15, -0.1) is 0 Å². The van der Waals surface area contributed by atoms with E-state index in [-0.39, 0.29) is 18.1 Å². The topological polar surface area (TPSA) is 41.6 Å². The van der Waals surface area contributed by atoms with Gasteiger partial charge in [-0.05, 0) is 38.6 Å². The van der Waals surface area contributed by atoms with Gasteiger partial charge in [0.05, 0.1) is 6.04 Å². The summed E-state index contributed by atoms with van der Waals surface area (Å²) in [4.78, 5) is 14.9. The Bertz CT molecular complexity index is 1280. The number of ether oxygens (including phenoxy) is 1. The summed E-state index contributed by atoms with van der Waals surface area (Å²) >= 11 is 0. The third-order valence-electron chi connectivity index (χ3n) is 6.97. The molecule has 1 fully saturated rings. The maximum absolute atomic E-state index is 13.1. The molecule has 4 aromatic carbocycles. The quantitative estimate of drug-likeness (QED) is 0.447. The van der Waals surface area contributed by atoms with Crippen molar-refractivity contribution in [1.82, 2.24) is 10.2 Å². The molecule has 33 heavy (non-hydrogen) atoms. The zero-order valence-electron chi connectivity index (χ0n) is 18.4. The van der Waals surface area contributed by atoms with Gasteiger partial charge in [-0.3, -0.25) is 0 Å². The molecule has 1 unspecified atom stereocenters. The average molecular weight is 435 g/mol. The van der Waals surface area contributed by atoms with Crippen LogP contribution >= 0.6 is 0 Å². The number of piperazine rings is 1. The molecule has 0 spiro atoms. The third-order valence-corrected chi connectivity index (χ3v) is 6.97. The molecule has 6 rings (SSSR count). The van der Waals surface area contributed by atoms with E-state index in [2.05, 4.69) is 96.3 Å². The van der Waals surface area contributed by atoms with Crippen LogP contribution in [0, 0.1) is 0 Å². The Morgan fingerprint density at radius 3 is 2.24 bits per heavy atom. The molecular weight excluding hydrogens is 408 g/mol. The van der Waals surface area contributed by atoms with Gasteiger partial charge in [-0.25, -0.2) is 4.79 Å². The molecule has 0 saturated carbocycles. The Morgan fingerprint density at radius 1 is 0.818 bits per heavy atom. The van der Waals surface area contributed by atoms with Crippen LogP contribution in [-0.2, 0) is 4.74 Å². The van der Waals surface area contributed by atoms with Gasteiger partial charge in [0.15, 0.2) is 0 Å². The minimum Gasteiger partial charge on any atom is -0.448 e. The molecular formula is C29H26N2O2. The van der Waals surface area contributed by atoms with Gasteiger partial charge < -0.3 is 15.0 Å². The summed E-state index contributed by atoms with van der Waals surface area (Å²) in [6.45, 7) is 2.36. The largest absolute Gasteiger partial charge is 0.448 e. The monoisotopic (exact) mass is 434 g/mol. The van der Waals surface area contributed by atoms with Gasteiger partial charge in [-0.1, -0.05) is 91.0 Å². The van der Waals surface area contributed by atoms with Crippen LogP contribution in [0.3, 0.4) is 0 Å². The van der Waals surface area contributed by atoms with Crippen LogP contribution in [0.2, 0.25) is 0 Å². The van der Waals surface area contributed by atoms with Crippen molar-refractivity contribution < 1.29 is 9.53 Å². The second-order valence-corrected chi connectivity index (χ2v) is 8.83. The van der Waals surface area contributed by atoms with E-state index in [4.69, 9.17) is 4.74 Å². The fourth-order valence-corrected chi connectivity index (χ4v) is 5.36. The SMILES string of the molecule is O=C(OCC1c2ccccc2-c2ccccc21)N1CCNC(c2cccc3ccccc23)C1. The molecule has 2 aliphatic rings. The number of carbonyl (C=O) groups excluding carboxylic acids is 1. The summed E-state index contributed by atoms with van der Waals surface area (Å²) in [6.07, 6.45) is -0.233. The molecule has 1 saturated heterocycles. The second-order valence-electron chi connectivity index (χ2n) is 8.83. The number of carbonyl (C=O) groups is 1.